The highest BCUT2D eigenvalue weighted by atomic mass is 19.1. The van der Waals surface area contributed by atoms with Crippen molar-refractivity contribution in [2.75, 3.05) is 20.2 Å². The summed E-state index contributed by atoms with van der Waals surface area (Å²) >= 11 is 0. The van der Waals surface area contributed by atoms with E-state index >= 15 is 0 Å². The van der Waals surface area contributed by atoms with Crippen molar-refractivity contribution in [3.63, 3.8) is 0 Å². The normalized spacial score (nSPS) is 26.3. The quantitative estimate of drug-likeness (QED) is 0.760. The lowest BCUT2D eigenvalue weighted by Gasteiger charge is -2.35. The van der Waals surface area contributed by atoms with E-state index in [-0.39, 0.29) is 11.9 Å². The highest BCUT2D eigenvalue weighted by Crippen LogP contribution is 2.38. The number of carbonyl (C=O) groups excluding carboxylic acids is 1. The fourth-order valence-corrected chi connectivity index (χ4v) is 4.78. The fourth-order valence-electron chi connectivity index (χ4n) is 4.78. The van der Waals surface area contributed by atoms with E-state index in [0.29, 0.717) is 29.6 Å². The van der Waals surface area contributed by atoms with Gasteiger partial charge >= 0.3 is 5.97 Å². The van der Waals surface area contributed by atoms with E-state index in [9.17, 15) is 14.3 Å². The molecular formula is C24H28FNO4. The number of ether oxygens (including phenoxy) is 2. The maximum Gasteiger partial charge on any atom is 0.337 e. The minimum absolute atomic E-state index is 0.203. The number of halogens is 1. The van der Waals surface area contributed by atoms with Crippen LogP contribution in [0, 0.1) is 24.6 Å². The number of aryl methyl sites for hydroxylation is 1. The molecule has 2 aromatic carbocycles. The first-order chi connectivity index (χ1) is 14.4. The van der Waals surface area contributed by atoms with Crippen LogP contribution >= 0.6 is 0 Å². The monoisotopic (exact) mass is 413 g/mol. The number of hydrogen-bond acceptors (Lipinski definition) is 5. The summed E-state index contributed by atoms with van der Waals surface area (Å²) < 4.78 is 24.5. The Labute approximate surface area is 176 Å². The number of aliphatic hydroxyl groups excluding tert-OH is 1. The van der Waals surface area contributed by atoms with Gasteiger partial charge in [0.15, 0.2) is 0 Å². The second kappa shape index (κ2) is 8.74. The van der Waals surface area contributed by atoms with E-state index in [1.807, 2.05) is 13.0 Å². The molecule has 4 rings (SSSR count). The van der Waals surface area contributed by atoms with Gasteiger partial charge in [-0.05, 0) is 73.1 Å². The van der Waals surface area contributed by atoms with Crippen LogP contribution in [0.25, 0.3) is 0 Å². The lowest BCUT2D eigenvalue weighted by atomic mass is 9.78. The predicted molar refractivity (Wildman–Crippen MR) is 111 cm³/mol. The standard InChI is InChI=1S/C24H28FNO4/c1-15-6-7-20(25)8-17(15)12-26-13-18-10-22(27)23(11-19(18)14-26)30-21-5-3-4-16(9-21)24(28)29-2/h3-9,18-19,22-23,27H,10-14H2,1-2H3/t18-,19+,22+,23+/m0/s1. The number of carbonyl (C=O) groups is 1. The Balaban J connectivity index is 1.40. The molecule has 1 aliphatic carbocycles. The molecule has 0 spiro atoms. The van der Waals surface area contributed by atoms with Crippen LogP contribution in [0.1, 0.15) is 34.3 Å². The third kappa shape index (κ3) is 4.50. The summed E-state index contributed by atoms with van der Waals surface area (Å²) in [6.45, 7) is 4.55. The van der Waals surface area contributed by atoms with Gasteiger partial charge in [0.2, 0.25) is 0 Å². The summed E-state index contributed by atoms with van der Waals surface area (Å²) in [4.78, 5) is 14.1. The van der Waals surface area contributed by atoms with Gasteiger partial charge in [-0.25, -0.2) is 9.18 Å². The van der Waals surface area contributed by atoms with E-state index in [2.05, 4.69) is 4.90 Å². The Morgan fingerprint density at radius 1 is 1.17 bits per heavy atom. The topological polar surface area (TPSA) is 59.0 Å². The van der Waals surface area contributed by atoms with E-state index in [1.54, 1.807) is 30.3 Å². The van der Waals surface area contributed by atoms with Crippen molar-refractivity contribution in [3.05, 3.63) is 65.0 Å². The molecule has 0 bridgehead atoms. The van der Waals surface area contributed by atoms with Gasteiger partial charge in [-0.1, -0.05) is 12.1 Å². The lowest BCUT2D eigenvalue weighted by Crippen LogP contribution is -2.42. The first-order valence-electron chi connectivity index (χ1n) is 10.4. The largest absolute Gasteiger partial charge is 0.488 e. The van der Waals surface area contributed by atoms with E-state index in [1.165, 1.54) is 13.2 Å². The smallest absolute Gasteiger partial charge is 0.337 e. The zero-order chi connectivity index (χ0) is 21.3. The van der Waals surface area contributed by atoms with Crippen LogP contribution in [0.3, 0.4) is 0 Å². The maximum atomic E-state index is 13.6. The van der Waals surface area contributed by atoms with Crippen LogP contribution in [0.2, 0.25) is 0 Å². The SMILES string of the molecule is COC(=O)c1cccc(O[C@@H]2C[C@@H]3CN(Cc4cc(F)ccc4C)C[C@@H]3C[C@H]2O)c1. The Bertz CT molecular complexity index is 918. The van der Waals surface area contributed by atoms with Crippen LogP contribution in [0.4, 0.5) is 4.39 Å². The summed E-state index contributed by atoms with van der Waals surface area (Å²) in [5, 5.41) is 10.7. The highest BCUT2D eigenvalue weighted by molar-refractivity contribution is 5.89. The summed E-state index contributed by atoms with van der Waals surface area (Å²) in [5.74, 6) is 0.783. The number of fused-ring (bicyclic) bond motifs is 1. The Morgan fingerprint density at radius 2 is 1.93 bits per heavy atom. The zero-order valence-electron chi connectivity index (χ0n) is 17.4. The van der Waals surface area contributed by atoms with Crippen LogP contribution in [-0.4, -0.2) is 48.4 Å². The van der Waals surface area contributed by atoms with E-state index in [0.717, 1.165) is 37.2 Å². The molecule has 1 saturated heterocycles. The number of nitrogens with zero attached hydrogens (tertiary/aromatic N) is 1. The number of methoxy groups -OCH3 is 1. The number of benzene rings is 2. The Kier molecular flexibility index (Phi) is 6.06. The van der Waals surface area contributed by atoms with Crippen LogP contribution < -0.4 is 4.74 Å². The predicted octanol–water partition coefficient (Wildman–Crippen LogP) is 3.57. The number of rotatable bonds is 5. The minimum atomic E-state index is -0.552. The molecule has 2 fully saturated rings. The van der Waals surface area contributed by atoms with Crippen molar-refractivity contribution in [2.45, 2.75) is 38.5 Å². The van der Waals surface area contributed by atoms with Crippen LogP contribution in [-0.2, 0) is 11.3 Å². The van der Waals surface area contributed by atoms with Gasteiger partial charge in [-0.3, -0.25) is 4.90 Å². The number of hydrogen-bond donors (Lipinski definition) is 1. The molecule has 0 amide bonds. The summed E-state index contributed by atoms with van der Waals surface area (Å²) in [5.41, 5.74) is 2.54. The Morgan fingerprint density at radius 3 is 2.70 bits per heavy atom. The Hall–Kier alpha value is -2.44. The fraction of sp³-hybridized carbons (Fsp3) is 0.458. The van der Waals surface area contributed by atoms with Gasteiger partial charge in [0.05, 0.1) is 18.8 Å². The van der Waals surface area contributed by atoms with Gasteiger partial charge in [0.1, 0.15) is 17.7 Å². The van der Waals surface area contributed by atoms with E-state index < -0.39 is 12.1 Å². The van der Waals surface area contributed by atoms with Crippen molar-refractivity contribution in [3.8, 4) is 5.75 Å². The molecule has 0 radical (unpaired) electrons. The summed E-state index contributed by atoms with van der Waals surface area (Å²) in [6, 6.07) is 11.8. The molecule has 30 heavy (non-hydrogen) atoms. The molecule has 4 atom stereocenters. The molecular weight excluding hydrogens is 385 g/mol. The molecule has 160 valence electrons. The third-order valence-electron chi connectivity index (χ3n) is 6.41. The van der Waals surface area contributed by atoms with Crippen molar-refractivity contribution in [1.29, 1.82) is 0 Å². The zero-order valence-corrected chi connectivity index (χ0v) is 17.4. The van der Waals surface area contributed by atoms with Crippen molar-refractivity contribution >= 4 is 5.97 Å². The first kappa shape index (κ1) is 20.8. The molecule has 1 saturated carbocycles. The number of esters is 1. The average Bonchev–Trinajstić information content (AvgIpc) is 3.11. The number of likely N-dealkylation sites (tertiary alicyclic amines) is 1. The van der Waals surface area contributed by atoms with Crippen molar-refractivity contribution in [2.24, 2.45) is 11.8 Å². The van der Waals surface area contributed by atoms with E-state index in [4.69, 9.17) is 9.47 Å². The first-order valence-corrected chi connectivity index (χ1v) is 10.4. The molecule has 1 aliphatic heterocycles. The molecule has 5 nitrogen and oxygen atoms in total. The van der Waals surface area contributed by atoms with Gasteiger partial charge in [-0.2, -0.15) is 0 Å². The molecule has 6 heteroatoms. The molecule has 2 aromatic rings. The van der Waals surface area contributed by atoms with Crippen LogP contribution in [0.15, 0.2) is 42.5 Å². The average molecular weight is 413 g/mol. The molecule has 2 aliphatic rings. The molecule has 1 heterocycles. The molecule has 1 N–H and O–H groups in total. The van der Waals surface area contributed by atoms with Gasteiger partial charge < -0.3 is 14.6 Å². The minimum Gasteiger partial charge on any atom is -0.488 e. The lowest BCUT2D eigenvalue weighted by molar-refractivity contribution is -0.0231. The van der Waals surface area contributed by atoms with Gasteiger partial charge in [0, 0.05) is 19.6 Å². The van der Waals surface area contributed by atoms with Gasteiger partial charge in [-0.15, -0.1) is 0 Å². The molecule has 0 unspecified atom stereocenters. The molecule has 0 aromatic heterocycles. The third-order valence-corrected chi connectivity index (χ3v) is 6.41. The van der Waals surface area contributed by atoms with Crippen molar-refractivity contribution < 1.29 is 23.8 Å². The summed E-state index contributed by atoms with van der Waals surface area (Å²) in [7, 11) is 1.35. The second-order valence-electron chi connectivity index (χ2n) is 8.50. The van der Waals surface area contributed by atoms with Gasteiger partial charge in [0.25, 0.3) is 0 Å². The number of aliphatic hydroxyl groups is 1. The second-order valence-corrected chi connectivity index (χ2v) is 8.50. The highest BCUT2D eigenvalue weighted by Gasteiger charge is 2.42. The van der Waals surface area contributed by atoms with Crippen molar-refractivity contribution in [1.82, 2.24) is 4.90 Å². The van der Waals surface area contributed by atoms with Crippen LogP contribution in [0.5, 0.6) is 5.75 Å². The summed E-state index contributed by atoms with van der Waals surface area (Å²) in [6.07, 6.45) is 0.580. The maximum absolute atomic E-state index is 13.6.